The number of carbonyl (C=O) groups excluding carboxylic acids is 1. The summed E-state index contributed by atoms with van der Waals surface area (Å²) in [7, 11) is 0. The zero-order valence-electron chi connectivity index (χ0n) is 8.82. The second-order valence-electron chi connectivity index (χ2n) is 5.58. The van der Waals surface area contributed by atoms with E-state index in [2.05, 4.69) is 0 Å². The molecular formula is C13H16O2. The highest BCUT2D eigenvalue weighted by atomic mass is 16.5. The van der Waals surface area contributed by atoms with Crippen molar-refractivity contribution in [1.29, 1.82) is 0 Å². The molecule has 0 radical (unpaired) electrons. The first-order valence-corrected chi connectivity index (χ1v) is 6.23. The van der Waals surface area contributed by atoms with Crippen LogP contribution in [0.5, 0.6) is 0 Å². The molecule has 2 heteroatoms. The monoisotopic (exact) mass is 204 g/mol. The predicted octanol–water partition coefficient (Wildman–Crippen LogP) is 2.15. The van der Waals surface area contributed by atoms with Crippen molar-refractivity contribution in [1.82, 2.24) is 0 Å². The summed E-state index contributed by atoms with van der Waals surface area (Å²) in [5, 5.41) is 0. The van der Waals surface area contributed by atoms with Crippen molar-refractivity contribution in [2.75, 3.05) is 6.61 Å². The molecule has 0 aromatic rings. The molecule has 0 spiro atoms. The Morgan fingerprint density at radius 3 is 2.60 bits per heavy atom. The maximum Gasteiger partial charge on any atom is 0.200 e. The molecule has 2 bridgehead atoms. The molecule has 3 saturated carbocycles. The summed E-state index contributed by atoms with van der Waals surface area (Å²) in [5.74, 6) is 4.66. The molecular weight excluding hydrogens is 188 g/mol. The van der Waals surface area contributed by atoms with E-state index in [0.717, 1.165) is 36.7 Å². The Kier molecular flexibility index (Phi) is 1.48. The number of ketones is 1. The van der Waals surface area contributed by atoms with E-state index in [9.17, 15) is 4.79 Å². The summed E-state index contributed by atoms with van der Waals surface area (Å²) in [5.41, 5.74) is 0. The van der Waals surface area contributed by atoms with Crippen molar-refractivity contribution >= 4 is 5.78 Å². The SMILES string of the molecule is O=C(C1=CCCO1)C1C2C3CCC(C3)C12. The maximum atomic E-state index is 12.1. The van der Waals surface area contributed by atoms with Gasteiger partial charge in [-0.25, -0.2) is 0 Å². The summed E-state index contributed by atoms with van der Waals surface area (Å²) in [6.07, 6.45) is 7.10. The van der Waals surface area contributed by atoms with Gasteiger partial charge in [0.2, 0.25) is 5.78 Å². The van der Waals surface area contributed by atoms with Crippen LogP contribution < -0.4 is 0 Å². The average Bonchev–Trinajstić information content (AvgIpc) is 2.70. The number of rotatable bonds is 2. The van der Waals surface area contributed by atoms with E-state index in [-0.39, 0.29) is 0 Å². The Morgan fingerprint density at radius 2 is 2.00 bits per heavy atom. The first-order valence-electron chi connectivity index (χ1n) is 6.23. The molecule has 0 aromatic carbocycles. The molecule has 2 nitrogen and oxygen atoms in total. The van der Waals surface area contributed by atoms with Crippen LogP contribution in [0.15, 0.2) is 11.8 Å². The van der Waals surface area contributed by atoms with Gasteiger partial charge in [-0.1, -0.05) is 0 Å². The minimum atomic E-state index is 0.332. The van der Waals surface area contributed by atoms with Crippen molar-refractivity contribution in [3.63, 3.8) is 0 Å². The van der Waals surface area contributed by atoms with E-state index < -0.39 is 0 Å². The Bertz CT molecular complexity index is 342. The lowest BCUT2D eigenvalue weighted by Crippen LogP contribution is -2.12. The van der Waals surface area contributed by atoms with Gasteiger partial charge in [-0.2, -0.15) is 0 Å². The largest absolute Gasteiger partial charge is 0.490 e. The highest BCUT2D eigenvalue weighted by Crippen LogP contribution is 2.69. The van der Waals surface area contributed by atoms with Gasteiger partial charge in [-0.15, -0.1) is 0 Å². The number of allylic oxidation sites excluding steroid dienone is 1. The number of hydrogen-bond donors (Lipinski definition) is 0. The van der Waals surface area contributed by atoms with Crippen LogP contribution in [0.4, 0.5) is 0 Å². The van der Waals surface area contributed by atoms with E-state index in [1.54, 1.807) is 0 Å². The van der Waals surface area contributed by atoms with E-state index in [1.807, 2.05) is 6.08 Å². The summed E-state index contributed by atoms with van der Waals surface area (Å²) in [6.45, 7) is 0.718. The molecule has 4 rings (SSSR count). The molecule has 3 aliphatic carbocycles. The Hall–Kier alpha value is -0.790. The molecule has 1 aliphatic heterocycles. The van der Waals surface area contributed by atoms with Crippen LogP contribution in [0, 0.1) is 29.6 Å². The van der Waals surface area contributed by atoms with Crippen LogP contribution in [0.25, 0.3) is 0 Å². The second-order valence-corrected chi connectivity index (χ2v) is 5.58. The first kappa shape index (κ1) is 8.37. The molecule has 3 fully saturated rings. The number of hydrogen-bond acceptors (Lipinski definition) is 2. The topological polar surface area (TPSA) is 26.3 Å². The Morgan fingerprint density at radius 1 is 1.27 bits per heavy atom. The van der Waals surface area contributed by atoms with Gasteiger partial charge in [0.05, 0.1) is 6.61 Å². The highest BCUT2D eigenvalue weighted by molar-refractivity contribution is 5.98. The number of ether oxygens (including phenoxy) is 1. The summed E-state index contributed by atoms with van der Waals surface area (Å²) < 4.78 is 5.38. The number of fused-ring (bicyclic) bond motifs is 5. The summed E-state index contributed by atoms with van der Waals surface area (Å²) in [4.78, 5) is 12.1. The fraction of sp³-hybridized carbons (Fsp3) is 0.769. The normalized spacial score (nSPS) is 49.9. The fourth-order valence-corrected chi connectivity index (χ4v) is 4.43. The van der Waals surface area contributed by atoms with Crippen LogP contribution in [0.3, 0.4) is 0 Å². The third-order valence-electron chi connectivity index (χ3n) is 4.99. The van der Waals surface area contributed by atoms with Gasteiger partial charge in [0.1, 0.15) is 0 Å². The van der Waals surface area contributed by atoms with E-state index in [0.29, 0.717) is 17.5 Å². The average molecular weight is 204 g/mol. The molecule has 80 valence electrons. The third-order valence-corrected chi connectivity index (χ3v) is 4.99. The molecule has 4 atom stereocenters. The molecule has 15 heavy (non-hydrogen) atoms. The Balaban J connectivity index is 1.55. The molecule has 0 amide bonds. The molecule has 4 unspecified atom stereocenters. The lowest BCUT2D eigenvalue weighted by Gasteiger charge is -2.08. The molecule has 0 saturated heterocycles. The van der Waals surface area contributed by atoms with Gasteiger partial charge in [0.15, 0.2) is 5.76 Å². The summed E-state index contributed by atoms with van der Waals surface area (Å²) in [6, 6.07) is 0. The number of Topliss-reactive ketones (excluding diaryl/α,β-unsaturated/α-hetero) is 1. The van der Waals surface area contributed by atoms with Gasteiger partial charge in [0, 0.05) is 12.3 Å². The van der Waals surface area contributed by atoms with Crippen LogP contribution in [-0.4, -0.2) is 12.4 Å². The fourth-order valence-electron chi connectivity index (χ4n) is 4.43. The number of carbonyl (C=O) groups is 1. The van der Waals surface area contributed by atoms with Crippen LogP contribution in [0.2, 0.25) is 0 Å². The van der Waals surface area contributed by atoms with Gasteiger partial charge in [0.25, 0.3) is 0 Å². The van der Waals surface area contributed by atoms with Gasteiger partial charge < -0.3 is 4.74 Å². The standard InChI is InChI=1S/C13H16O2/c14-13(9-2-1-5-15-9)12-10-7-3-4-8(6-7)11(10)12/h2,7-8,10-12H,1,3-6H2. The van der Waals surface area contributed by atoms with Crippen molar-refractivity contribution in [2.24, 2.45) is 29.6 Å². The van der Waals surface area contributed by atoms with Crippen molar-refractivity contribution in [2.45, 2.75) is 25.7 Å². The van der Waals surface area contributed by atoms with E-state index >= 15 is 0 Å². The predicted molar refractivity (Wildman–Crippen MR) is 55.0 cm³/mol. The van der Waals surface area contributed by atoms with Crippen molar-refractivity contribution in [3.8, 4) is 0 Å². The molecule has 1 heterocycles. The molecule has 0 N–H and O–H groups in total. The first-order chi connectivity index (χ1) is 7.36. The van der Waals surface area contributed by atoms with Crippen molar-refractivity contribution < 1.29 is 9.53 Å². The van der Waals surface area contributed by atoms with E-state index in [1.165, 1.54) is 19.3 Å². The van der Waals surface area contributed by atoms with Crippen LogP contribution >= 0.6 is 0 Å². The zero-order valence-corrected chi connectivity index (χ0v) is 8.82. The quantitative estimate of drug-likeness (QED) is 0.689. The van der Waals surface area contributed by atoms with Gasteiger partial charge in [-0.05, 0) is 49.0 Å². The third kappa shape index (κ3) is 0.977. The smallest absolute Gasteiger partial charge is 0.200 e. The van der Waals surface area contributed by atoms with Gasteiger partial charge in [-0.3, -0.25) is 4.79 Å². The van der Waals surface area contributed by atoms with E-state index in [4.69, 9.17) is 4.74 Å². The summed E-state index contributed by atoms with van der Waals surface area (Å²) >= 11 is 0. The second kappa shape index (κ2) is 2.66. The minimum Gasteiger partial charge on any atom is -0.490 e. The van der Waals surface area contributed by atoms with Crippen molar-refractivity contribution in [3.05, 3.63) is 11.8 Å². The molecule has 4 aliphatic rings. The maximum absolute atomic E-state index is 12.1. The molecule has 0 aromatic heterocycles. The lowest BCUT2D eigenvalue weighted by atomic mass is 9.99. The van der Waals surface area contributed by atoms with Crippen LogP contribution in [-0.2, 0) is 9.53 Å². The highest BCUT2D eigenvalue weighted by Gasteiger charge is 2.67. The van der Waals surface area contributed by atoms with Crippen LogP contribution in [0.1, 0.15) is 25.7 Å². The van der Waals surface area contributed by atoms with Gasteiger partial charge >= 0.3 is 0 Å². The lowest BCUT2D eigenvalue weighted by molar-refractivity contribution is -0.120. The Labute approximate surface area is 89.7 Å². The zero-order chi connectivity index (χ0) is 9.99. The minimum absolute atomic E-state index is 0.332.